The van der Waals surface area contributed by atoms with Gasteiger partial charge in [0.15, 0.2) is 0 Å². The lowest BCUT2D eigenvalue weighted by atomic mass is 10.1. The first-order chi connectivity index (χ1) is 8.24. The van der Waals surface area contributed by atoms with Crippen molar-refractivity contribution >= 4 is 5.97 Å². The number of aliphatic hydroxyl groups excluding tert-OH is 1. The summed E-state index contributed by atoms with van der Waals surface area (Å²) < 4.78 is 10.2. The zero-order valence-electron chi connectivity index (χ0n) is 9.81. The first-order valence-electron chi connectivity index (χ1n) is 5.69. The highest BCUT2D eigenvalue weighted by molar-refractivity contribution is 5.89. The van der Waals surface area contributed by atoms with Gasteiger partial charge in [0.05, 0.1) is 25.9 Å². The van der Waals surface area contributed by atoms with E-state index in [0.29, 0.717) is 29.4 Å². The van der Waals surface area contributed by atoms with Gasteiger partial charge in [0.25, 0.3) is 0 Å². The Hall–Kier alpha value is -1.55. The monoisotopic (exact) mass is 236 g/mol. The van der Waals surface area contributed by atoms with Gasteiger partial charge in [-0.3, -0.25) is 0 Å². The molecule has 17 heavy (non-hydrogen) atoms. The molecule has 1 aromatic carbocycles. The van der Waals surface area contributed by atoms with Crippen LogP contribution in [-0.4, -0.2) is 24.8 Å². The third-order valence-corrected chi connectivity index (χ3v) is 2.82. The lowest BCUT2D eigenvalue weighted by Crippen LogP contribution is -2.05. The predicted octanol–water partition coefficient (Wildman–Crippen LogP) is 1.75. The van der Waals surface area contributed by atoms with Gasteiger partial charge in [0, 0.05) is 5.56 Å². The molecule has 1 aliphatic rings. The van der Waals surface area contributed by atoms with Gasteiger partial charge < -0.3 is 14.6 Å². The topological polar surface area (TPSA) is 55.8 Å². The number of carbonyl (C=O) groups is 1. The molecule has 1 saturated carbocycles. The summed E-state index contributed by atoms with van der Waals surface area (Å²) in [6.07, 6.45) is 2.43. The van der Waals surface area contributed by atoms with Crippen molar-refractivity contribution in [3.05, 3.63) is 29.3 Å². The number of carbonyl (C=O) groups excluding carboxylic acids is 1. The fourth-order valence-corrected chi connectivity index (χ4v) is 1.58. The molecule has 0 unspecified atom stereocenters. The van der Waals surface area contributed by atoms with Crippen molar-refractivity contribution in [3.63, 3.8) is 0 Å². The molecule has 0 aromatic heterocycles. The largest absolute Gasteiger partial charge is 0.493 e. The van der Waals surface area contributed by atoms with Gasteiger partial charge in [0.1, 0.15) is 5.75 Å². The van der Waals surface area contributed by atoms with Crippen molar-refractivity contribution in [1.82, 2.24) is 0 Å². The molecule has 4 nitrogen and oxygen atoms in total. The molecule has 0 bridgehead atoms. The quantitative estimate of drug-likeness (QED) is 0.791. The fraction of sp³-hybridized carbons (Fsp3) is 0.462. The van der Waals surface area contributed by atoms with Crippen molar-refractivity contribution in [1.29, 1.82) is 0 Å². The average Bonchev–Trinajstić information content (AvgIpc) is 3.19. The number of aliphatic hydroxyl groups is 1. The first-order valence-corrected chi connectivity index (χ1v) is 5.69. The predicted molar refractivity (Wildman–Crippen MR) is 61.9 cm³/mol. The van der Waals surface area contributed by atoms with Crippen LogP contribution in [0.2, 0.25) is 0 Å². The second-order valence-electron chi connectivity index (χ2n) is 4.23. The maximum atomic E-state index is 11.3. The Bertz CT molecular complexity index is 410. The Balaban J connectivity index is 2.11. The minimum absolute atomic E-state index is 0.148. The van der Waals surface area contributed by atoms with Crippen LogP contribution in [0, 0.1) is 5.92 Å². The Morgan fingerprint density at radius 3 is 2.82 bits per heavy atom. The molecule has 0 amide bonds. The summed E-state index contributed by atoms with van der Waals surface area (Å²) in [4.78, 5) is 11.3. The van der Waals surface area contributed by atoms with Crippen LogP contribution in [0.1, 0.15) is 28.8 Å². The van der Waals surface area contributed by atoms with Gasteiger partial charge >= 0.3 is 5.97 Å². The van der Waals surface area contributed by atoms with Crippen molar-refractivity contribution in [2.24, 2.45) is 5.92 Å². The molecule has 0 atom stereocenters. The van der Waals surface area contributed by atoms with E-state index in [1.807, 2.05) is 0 Å². The van der Waals surface area contributed by atoms with Crippen LogP contribution in [0.15, 0.2) is 18.2 Å². The number of rotatable bonds is 5. The van der Waals surface area contributed by atoms with Crippen molar-refractivity contribution in [3.8, 4) is 5.75 Å². The minimum Gasteiger partial charge on any atom is -0.493 e. The Kier molecular flexibility index (Phi) is 3.64. The lowest BCUT2D eigenvalue weighted by molar-refractivity contribution is 0.0600. The van der Waals surface area contributed by atoms with Crippen LogP contribution in [0.3, 0.4) is 0 Å². The molecule has 0 radical (unpaired) electrons. The molecule has 2 rings (SSSR count). The molecular formula is C13H16O4. The minimum atomic E-state index is -0.409. The standard InChI is InChI=1S/C13H16O4/c1-16-13(15)10-4-5-12(11(6-10)7-14)17-8-9-2-3-9/h4-6,9,14H,2-3,7-8H2,1H3. The van der Waals surface area contributed by atoms with E-state index in [9.17, 15) is 9.90 Å². The van der Waals surface area contributed by atoms with Gasteiger partial charge in [-0.25, -0.2) is 4.79 Å². The summed E-state index contributed by atoms with van der Waals surface area (Å²) in [5.41, 5.74) is 1.05. The highest BCUT2D eigenvalue weighted by Gasteiger charge is 2.22. The SMILES string of the molecule is COC(=O)c1ccc(OCC2CC2)c(CO)c1. The first kappa shape index (κ1) is 11.9. The Labute approximate surface area is 100 Å². The van der Waals surface area contributed by atoms with Crippen molar-refractivity contribution in [2.75, 3.05) is 13.7 Å². The van der Waals surface area contributed by atoms with Gasteiger partial charge in [-0.05, 0) is 37.0 Å². The molecule has 0 saturated heterocycles. The number of benzene rings is 1. The zero-order chi connectivity index (χ0) is 12.3. The molecule has 0 spiro atoms. The molecule has 0 aliphatic heterocycles. The van der Waals surface area contributed by atoms with Crippen LogP contribution < -0.4 is 4.74 Å². The summed E-state index contributed by atoms with van der Waals surface area (Å²) in [6, 6.07) is 4.96. The maximum Gasteiger partial charge on any atom is 0.337 e. The van der Waals surface area contributed by atoms with Gasteiger partial charge in [0.2, 0.25) is 0 Å². The average molecular weight is 236 g/mol. The van der Waals surface area contributed by atoms with Gasteiger partial charge in [-0.1, -0.05) is 0 Å². The Morgan fingerprint density at radius 2 is 2.24 bits per heavy atom. The lowest BCUT2D eigenvalue weighted by Gasteiger charge is -2.10. The fourth-order valence-electron chi connectivity index (χ4n) is 1.58. The summed E-state index contributed by atoms with van der Waals surface area (Å²) >= 11 is 0. The van der Waals surface area contributed by atoms with Crippen LogP contribution >= 0.6 is 0 Å². The normalized spacial score (nSPS) is 14.5. The van der Waals surface area contributed by atoms with Crippen LogP contribution in [0.5, 0.6) is 5.75 Å². The smallest absolute Gasteiger partial charge is 0.337 e. The van der Waals surface area contributed by atoms with E-state index < -0.39 is 5.97 Å². The van der Waals surface area contributed by atoms with E-state index in [0.717, 1.165) is 0 Å². The number of ether oxygens (including phenoxy) is 2. The van der Waals surface area contributed by atoms with E-state index in [2.05, 4.69) is 4.74 Å². The molecule has 92 valence electrons. The molecule has 1 aromatic rings. The van der Waals surface area contributed by atoms with E-state index in [4.69, 9.17) is 4.74 Å². The van der Waals surface area contributed by atoms with Crippen molar-refractivity contribution in [2.45, 2.75) is 19.4 Å². The van der Waals surface area contributed by atoms with Crippen molar-refractivity contribution < 1.29 is 19.4 Å². The molecule has 1 N–H and O–H groups in total. The molecule has 1 fully saturated rings. The second kappa shape index (κ2) is 5.19. The van der Waals surface area contributed by atoms with Crippen LogP contribution in [-0.2, 0) is 11.3 Å². The Morgan fingerprint density at radius 1 is 1.47 bits per heavy atom. The second-order valence-corrected chi connectivity index (χ2v) is 4.23. The van der Waals surface area contributed by atoms with Gasteiger partial charge in [-0.15, -0.1) is 0 Å². The number of hydrogen-bond acceptors (Lipinski definition) is 4. The maximum absolute atomic E-state index is 11.3. The van der Waals surface area contributed by atoms with E-state index in [1.54, 1.807) is 18.2 Å². The summed E-state index contributed by atoms with van der Waals surface area (Å²) in [5.74, 6) is 0.891. The van der Waals surface area contributed by atoms with Crippen LogP contribution in [0.4, 0.5) is 0 Å². The third kappa shape index (κ3) is 2.97. The molecule has 0 heterocycles. The number of methoxy groups -OCH3 is 1. The molecule has 4 heteroatoms. The highest BCUT2D eigenvalue weighted by Crippen LogP contribution is 2.30. The summed E-state index contributed by atoms with van der Waals surface area (Å²) in [7, 11) is 1.33. The molecular weight excluding hydrogens is 220 g/mol. The van der Waals surface area contributed by atoms with Crippen LogP contribution in [0.25, 0.3) is 0 Å². The highest BCUT2D eigenvalue weighted by atomic mass is 16.5. The van der Waals surface area contributed by atoms with Gasteiger partial charge in [-0.2, -0.15) is 0 Å². The third-order valence-electron chi connectivity index (χ3n) is 2.82. The summed E-state index contributed by atoms with van der Waals surface area (Å²) in [6.45, 7) is 0.537. The number of esters is 1. The summed E-state index contributed by atoms with van der Waals surface area (Å²) in [5, 5.41) is 9.25. The zero-order valence-corrected chi connectivity index (χ0v) is 9.81. The molecule has 1 aliphatic carbocycles. The number of hydrogen-bond donors (Lipinski definition) is 1. The van der Waals surface area contributed by atoms with E-state index >= 15 is 0 Å². The van der Waals surface area contributed by atoms with E-state index in [-0.39, 0.29) is 6.61 Å². The van der Waals surface area contributed by atoms with E-state index in [1.165, 1.54) is 20.0 Å².